The number of benzene rings is 1. The Morgan fingerprint density at radius 2 is 1.93 bits per heavy atom. The van der Waals surface area contributed by atoms with E-state index in [4.69, 9.17) is 10.00 Å². The highest BCUT2D eigenvalue weighted by molar-refractivity contribution is 7.91. The van der Waals surface area contributed by atoms with Gasteiger partial charge in [0.1, 0.15) is 6.04 Å². The molecule has 0 unspecified atom stereocenters. The van der Waals surface area contributed by atoms with E-state index < -0.39 is 27.8 Å². The monoisotopic (exact) mass is 394 g/mol. The van der Waals surface area contributed by atoms with Gasteiger partial charge in [-0.05, 0) is 18.6 Å². The summed E-state index contributed by atoms with van der Waals surface area (Å²) in [5.74, 6) is -1.00. The Labute approximate surface area is 158 Å². The van der Waals surface area contributed by atoms with Gasteiger partial charge in [0.2, 0.25) is 0 Å². The number of hydrogen-bond donors (Lipinski definition) is 1. The third-order valence-corrected chi connectivity index (χ3v) is 5.92. The predicted molar refractivity (Wildman–Crippen MR) is 96.2 cm³/mol. The number of urea groups is 1. The maximum absolute atomic E-state index is 12.5. The SMILES string of the molecule is CN(C#N)C(=O)[C@H](CCS(=O)(=O)c1ccccc1)NC(=O)N1CCOCC1. The first-order chi connectivity index (χ1) is 12.8. The van der Waals surface area contributed by atoms with E-state index in [9.17, 15) is 18.0 Å². The molecular formula is C17H22N4O5S. The van der Waals surface area contributed by atoms with Gasteiger partial charge >= 0.3 is 6.03 Å². The molecule has 0 spiro atoms. The smallest absolute Gasteiger partial charge is 0.318 e. The number of carbonyl (C=O) groups excluding carboxylic acids is 2. The highest BCUT2D eigenvalue weighted by atomic mass is 32.2. The summed E-state index contributed by atoms with van der Waals surface area (Å²) >= 11 is 0. The van der Waals surface area contributed by atoms with Gasteiger partial charge in [-0.25, -0.2) is 13.2 Å². The molecule has 0 aliphatic carbocycles. The predicted octanol–water partition coefficient (Wildman–Crippen LogP) is 0.200. The van der Waals surface area contributed by atoms with E-state index in [-0.39, 0.29) is 17.1 Å². The molecule has 1 heterocycles. The van der Waals surface area contributed by atoms with E-state index in [0.717, 1.165) is 4.90 Å². The Balaban J connectivity index is 2.09. The zero-order valence-electron chi connectivity index (χ0n) is 15.0. The third-order valence-electron chi connectivity index (χ3n) is 4.15. The number of nitrogens with one attached hydrogen (secondary N) is 1. The average molecular weight is 394 g/mol. The molecule has 10 heteroatoms. The largest absolute Gasteiger partial charge is 0.378 e. The molecule has 9 nitrogen and oxygen atoms in total. The van der Waals surface area contributed by atoms with Crippen molar-refractivity contribution in [3.8, 4) is 6.19 Å². The van der Waals surface area contributed by atoms with Crippen LogP contribution in [0, 0.1) is 11.5 Å². The Bertz CT molecular complexity index is 800. The van der Waals surface area contributed by atoms with Crippen LogP contribution in [0.5, 0.6) is 0 Å². The lowest BCUT2D eigenvalue weighted by Crippen LogP contribution is -2.53. The maximum atomic E-state index is 12.5. The molecular weight excluding hydrogens is 372 g/mol. The summed E-state index contributed by atoms with van der Waals surface area (Å²) in [7, 11) is -2.35. The normalized spacial score (nSPS) is 15.5. The molecule has 0 bridgehead atoms. The number of nitrogens with zero attached hydrogens (tertiary/aromatic N) is 3. The molecule has 1 N–H and O–H groups in total. The van der Waals surface area contributed by atoms with Gasteiger partial charge in [0.25, 0.3) is 5.91 Å². The Morgan fingerprint density at radius 1 is 1.30 bits per heavy atom. The fraction of sp³-hybridized carbons (Fsp3) is 0.471. The van der Waals surface area contributed by atoms with E-state index in [2.05, 4.69) is 5.32 Å². The van der Waals surface area contributed by atoms with Gasteiger partial charge < -0.3 is 15.0 Å². The van der Waals surface area contributed by atoms with Crippen LogP contribution in [0.1, 0.15) is 6.42 Å². The highest BCUT2D eigenvalue weighted by Crippen LogP contribution is 2.13. The lowest BCUT2D eigenvalue weighted by molar-refractivity contribution is -0.129. The summed E-state index contributed by atoms with van der Waals surface area (Å²) < 4.78 is 30.1. The quantitative estimate of drug-likeness (QED) is 0.544. The van der Waals surface area contributed by atoms with Gasteiger partial charge in [-0.1, -0.05) is 18.2 Å². The molecule has 1 saturated heterocycles. The first kappa shape index (κ1) is 20.7. The number of ether oxygens (including phenoxy) is 1. The van der Waals surface area contributed by atoms with Gasteiger partial charge in [0.05, 0.1) is 23.9 Å². The fourth-order valence-electron chi connectivity index (χ4n) is 2.57. The second-order valence-corrected chi connectivity index (χ2v) is 8.13. The second kappa shape index (κ2) is 9.34. The number of nitriles is 1. The molecule has 27 heavy (non-hydrogen) atoms. The molecule has 1 fully saturated rings. The van der Waals surface area contributed by atoms with Crippen molar-refractivity contribution in [1.29, 1.82) is 5.26 Å². The minimum atomic E-state index is -3.62. The summed E-state index contributed by atoms with van der Waals surface area (Å²) in [6.07, 6.45) is 1.54. The molecule has 1 aromatic carbocycles. The van der Waals surface area contributed by atoms with Crippen molar-refractivity contribution >= 4 is 21.8 Å². The third kappa shape index (κ3) is 5.67. The minimum Gasteiger partial charge on any atom is -0.378 e. The van der Waals surface area contributed by atoms with Gasteiger partial charge in [0, 0.05) is 20.1 Å². The van der Waals surface area contributed by atoms with Crippen LogP contribution in [0.2, 0.25) is 0 Å². The lowest BCUT2D eigenvalue weighted by Gasteiger charge is -2.29. The van der Waals surface area contributed by atoms with Gasteiger partial charge in [-0.15, -0.1) is 0 Å². The van der Waals surface area contributed by atoms with E-state index in [1.54, 1.807) is 24.4 Å². The first-order valence-corrected chi connectivity index (χ1v) is 10.1. The van der Waals surface area contributed by atoms with Crippen molar-refractivity contribution in [3.63, 3.8) is 0 Å². The molecule has 1 atom stereocenters. The van der Waals surface area contributed by atoms with Crippen molar-refractivity contribution in [3.05, 3.63) is 30.3 Å². The Kier molecular flexibility index (Phi) is 7.15. The molecule has 1 aromatic rings. The molecule has 0 aromatic heterocycles. The number of morpholine rings is 1. The summed E-state index contributed by atoms with van der Waals surface area (Å²) in [4.78, 5) is 27.2. The van der Waals surface area contributed by atoms with Crippen molar-refractivity contribution in [2.24, 2.45) is 0 Å². The van der Waals surface area contributed by atoms with Crippen molar-refractivity contribution in [2.75, 3.05) is 39.1 Å². The average Bonchev–Trinajstić information content (AvgIpc) is 2.71. The molecule has 1 aliphatic heterocycles. The number of hydrogen-bond acceptors (Lipinski definition) is 6. The van der Waals surface area contributed by atoms with E-state index in [0.29, 0.717) is 26.3 Å². The van der Waals surface area contributed by atoms with Crippen LogP contribution in [0.25, 0.3) is 0 Å². The van der Waals surface area contributed by atoms with Crippen molar-refractivity contribution in [1.82, 2.24) is 15.1 Å². The highest BCUT2D eigenvalue weighted by Gasteiger charge is 2.29. The fourth-order valence-corrected chi connectivity index (χ4v) is 3.92. The van der Waals surface area contributed by atoms with Crippen LogP contribution in [0.15, 0.2) is 35.2 Å². The van der Waals surface area contributed by atoms with Crippen LogP contribution >= 0.6 is 0 Å². The molecule has 0 radical (unpaired) electrons. The summed E-state index contributed by atoms with van der Waals surface area (Å²) in [5.41, 5.74) is 0. The van der Waals surface area contributed by atoms with Gasteiger partial charge in [-0.2, -0.15) is 5.26 Å². The summed E-state index contributed by atoms with van der Waals surface area (Å²) in [6, 6.07) is 6.26. The van der Waals surface area contributed by atoms with Crippen LogP contribution in [-0.4, -0.2) is 75.3 Å². The maximum Gasteiger partial charge on any atom is 0.318 e. The number of rotatable bonds is 6. The van der Waals surface area contributed by atoms with Gasteiger partial charge in [0.15, 0.2) is 16.0 Å². The van der Waals surface area contributed by atoms with E-state index in [1.165, 1.54) is 24.1 Å². The zero-order chi connectivity index (χ0) is 19.9. The first-order valence-electron chi connectivity index (χ1n) is 8.43. The number of sulfone groups is 1. The van der Waals surface area contributed by atoms with Crippen LogP contribution in [0.4, 0.5) is 4.79 Å². The number of carbonyl (C=O) groups is 2. The molecule has 2 rings (SSSR count). The molecule has 3 amide bonds. The zero-order valence-corrected chi connectivity index (χ0v) is 15.8. The Morgan fingerprint density at radius 3 is 2.52 bits per heavy atom. The van der Waals surface area contributed by atoms with E-state index >= 15 is 0 Å². The summed E-state index contributed by atoms with van der Waals surface area (Å²) in [5, 5.41) is 11.5. The molecule has 0 saturated carbocycles. The second-order valence-electron chi connectivity index (χ2n) is 6.02. The lowest BCUT2D eigenvalue weighted by atomic mass is 10.2. The van der Waals surface area contributed by atoms with Crippen LogP contribution < -0.4 is 5.32 Å². The van der Waals surface area contributed by atoms with Gasteiger partial charge in [-0.3, -0.25) is 9.69 Å². The van der Waals surface area contributed by atoms with Crippen molar-refractivity contribution < 1.29 is 22.7 Å². The topological polar surface area (TPSA) is 120 Å². The van der Waals surface area contributed by atoms with Crippen molar-refractivity contribution in [2.45, 2.75) is 17.4 Å². The number of likely N-dealkylation sites (N-methyl/N-ethyl adjacent to an activating group) is 1. The molecule has 1 aliphatic rings. The standard InChI is InChI=1S/C17H22N4O5S/c1-20(13-18)16(22)15(19-17(23)21-8-10-26-11-9-21)7-12-27(24,25)14-5-3-2-4-6-14/h2-6,15H,7-12H2,1H3,(H,19,23)/t15-/m0/s1. The minimum absolute atomic E-state index is 0.141. The van der Waals surface area contributed by atoms with E-state index in [1.807, 2.05) is 0 Å². The van der Waals surface area contributed by atoms with Crippen LogP contribution in [0.3, 0.4) is 0 Å². The summed E-state index contributed by atoms with van der Waals surface area (Å²) in [6.45, 7) is 1.55. The van der Waals surface area contributed by atoms with Crippen LogP contribution in [-0.2, 0) is 19.4 Å². The number of amides is 3. The Hall–Kier alpha value is -2.64. The molecule has 146 valence electrons.